The highest BCUT2D eigenvalue weighted by Gasteiger charge is 2.05. The number of ether oxygens (including phenoxy) is 2. The Morgan fingerprint density at radius 3 is 1.32 bits per heavy atom. The predicted octanol–water partition coefficient (Wildman–Crippen LogP) is 6.21. The van der Waals surface area contributed by atoms with Crippen LogP contribution in [-0.2, 0) is 0 Å². The van der Waals surface area contributed by atoms with E-state index < -0.39 is 0 Å². The van der Waals surface area contributed by atoms with Crippen LogP contribution in [0.5, 0.6) is 23.0 Å². The summed E-state index contributed by atoms with van der Waals surface area (Å²) < 4.78 is 12.0. The molecule has 0 saturated heterocycles. The summed E-state index contributed by atoms with van der Waals surface area (Å²) in [5.41, 5.74) is 15.3. The first kappa shape index (κ1) is 17.7. The Hall–Kier alpha value is -3.66. The van der Waals surface area contributed by atoms with Crippen molar-refractivity contribution in [2.24, 2.45) is 0 Å². The van der Waals surface area contributed by atoms with E-state index in [0.717, 1.165) is 56.3 Å². The van der Waals surface area contributed by atoms with E-state index in [1.165, 1.54) is 0 Å². The highest BCUT2D eigenvalue weighted by atomic mass is 16.5. The molecule has 4 aromatic carbocycles. The van der Waals surface area contributed by atoms with E-state index in [1.807, 2.05) is 86.6 Å². The van der Waals surface area contributed by atoms with Gasteiger partial charge in [0.25, 0.3) is 0 Å². The van der Waals surface area contributed by atoms with E-state index in [-0.39, 0.29) is 0 Å². The van der Waals surface area contributed by atoms with Crippen molar-refractivity contribution >= 4 is 22.1 Å². The minimum Gasteiger partial charge on any atom is -0.457 e. The Kier molecular flexibility index (Phi) is 4.53. The summed E-state index contributed by atoms with van der Waals surface area (Å²) in [4.78, 5) is 0. The van der Waals surface area contributed by atoms with Crippen LogP contribution in [0.2, 0.25) is 0 Å². The van der Waals surface area contributed by atoms with E-state index in [4.69, 9.17) is 20.9 Å². The number of rotatable bonds is 4. The molecule has 0 aromatic heterocycles. The van der Waals surface area contributed by atoms with Gasteiger partial charge in [-0.3, -0.25) is 0 Å². The van der Waals surface area contributed by atoms with E-state index in [2.05, 4.69) is 0 Å². The second-order valence-corrected chi connectivity index (χ2v) is 6.91. The van der Waals surface area contributed by atoms with Crippen molar-refractivity contribution in [3.05, 3.63) is 83.9 Å². The van der Waals surface area contributed by atoms with Crippen LogP contribution in [0.1, 0.15) is 11.1 Å². The molecule has 0 aliphatic rings. The third-order valence-electron chi connectivity index (χ3n) is 4.74. The molecule has 0 aliphatic carbocycles. The normalized spacial score (nSPS) is 10.8. The van der Waals surface area contributed by atoms with Crippen LogP contribution in [-0.4, -0.2) is 0 Å². The molecule has 0 bridgehead atoms. The predicted molar refractivity (Wildman–Crippen MR) is 115 cm³/mol. The lowest BCUT2D eigenvalue weighted by molar-refractivity contribution is 0.481. The Morgan fingerprint density at radius 1 is 0.500 bits per heavy atom. The maximum Gasteiger partial charge on any atom is 0.128 e. The molecule has 0 aliphatic heterocycles. The average molecular weight is 370 g/mol. The van der Waals surface area contributed by atoms with Crippen LogP contribution in [0.15, 0.2) is 72.8 Å². The SMILES string of the molecule is Cc1cc(Oc2ccc3ccc(Oc4ccc(N)c(C)c4)cc3c2)ccc1N. The minimum atomic E-state index is 0.755. The fourth-order valence-electron chi connectivity index (χ4n) is 3.03. The van der Waals surface area contributed by atoms with Gasteiger partial charge in [0.05, 0.1) is 0 Å². The summed E-state index contributed by atoms with van der Waals surface area (Å²) >= 11 is 0. The zero-order chi connectivity index (χ0) is 19.7. The lowest BCUT2D eigenvalue weighted by atomic mass is 10.1. The maximum absolute atomic E-state index is 6.00. The first-order chi connectivity index (χ1) is 13.5. The molecule has 140 valence electrons. The monoisotopic (exact) mass is 370 g/mol. The number of anilines is 2. The Morgan fingerprint density at radius 2 is 0.893 bits per heavy atom. The van der Waals surface area contributed by atoms with Gasteiger partial charge in [-0.25, -0.2) is 0 Å². The number of aryl methyl sites for hydroxylation is 2. The van der Waals surface area contributed by atoms with Crippen molar-refractivity contribution in [1.29, 1.82) is 0 Å². The third kappa shape index (κ3) is 3.71. The Balaban J connectivity index is 1.60. The minimum absolute atomic E-state index is 0.755. The van der Waals surface area contributed by atoms with Crippen molar-refractivity contribution in [3.8, 4) is 23.0 Å². The smallest absolute Gasteiger partial charge is 0.128 e. The lowest BCUT2D eigenvalue weighted by Crippen LogP contribution is -1.91. The number of hydrogen-bond donors (Lipinski definition) is 2. The Bertz CT molecular complexity index is 1080. The third-order valence-corrected chi connectivity index (χ3v) is 4.74. The van der Waals surface area contributed by atoms with Crippen LogP contribution in [0.25, 0.3) is 10.8 Å². The molecule has 0 amide bonds. The first-order valence-electron chi connectivity index (χ1n) is 9.10. The molecule has 4 nitrogen and oxygen atoms in total. The van der Waals surface area contributed by atoms with Crippen molar-refractivity contribution in [3.63, 3.8) is 0 Å². The molecule has 4 rings (SSSR count). The zero-order valence-corrected chi connectivity index (χ0v) is 15.9. The van der Waals surface area contributed by atoms with Crippen LogP contribution in [0, 0.1) is 13.8 Å². The molecule has 4 heteroatoms. The molecule has 0 unspecified atom stereocenters. The van der Waals surface area contributed by atoms with Gasteiger partial charge in [0.1, 0.15) is 23.0 Å². The number of benzene rings is 4. The van der Waals surface area contributed by atoms with Gasteiger partial charge in [-0.05, 0) is 96.4 Å². The average Bonchev–Trinajstić information content (AvgIpc) is 2.67. The van der Waals surface area contributed by atoms with E-state index in [9.17, 15) is 0 Å². The molecular formula is C24H22N2O2. The van der Waals surface area contributed by atoms with Gasteiger partial charge in [0.15, 0.2) is 0 Å². The van der Waals surface area contributed by atoms with Gasteiger partial charge in [-0.1, -0.05) is 12.1 Å². The summed E-state index contributed by atoms with van der Waals surface area (Å²) in [5.74, 6) is 3.04. The lowest BCUT2D eigenvalue weighted by Gasteiger charge is -2.11. The zero-order valence-electron chi connectivity index (χ0n) is 15.9. The van der Waals surface area contributed by atoms with E-state index in [0.29, 0.717) is 0 Å². The fraction of sp³-hybridized carbons (Fsp3) is 0.0833. The van der Waals surface area contributed by atoms with Crippen molar-refractivity contribution in [1.82, 2.24) is 0 Å². The summed E-state index contributed by atoms with van der Waals surface area (Å²) in [6.07, 6.45) is 0. The first-order valence-corrected chi connectivity index (χ1v) is 9.10. The maximum atomic E-state index is 6.00. The Labute approximate surface area is 164 Å². The van der Waals surface area contributed by atoms with E-state index in [1.54, 1.807) is 0 Å². The van der Waals surface area contributed by atoms with Gasteiger partial charge < -0.3 is 20.9 Å². The largest absolute Gasteiger partial charge is 0.457 e. The topological polar surface area (TPSA) is 70.5 Å². The van der Waals surface area contributed by atoms with Crippen molar-refractivity contribution in [2.45, 2.75) is 13.8 Å². The quantitative estimate of drug-likeness (QED) is 0.419. The summed E-state index contributed by atoms with van der Waals surface area (Å²) in [6, 6.07) is 23.3. The number of nitrogen functional groups attached to an aromatic ring is 2. The van der Waals surface area contributed by atoms with Gasteiger partial charge in [-0.15, -0.1) is 0 Å². The molecule has 0 atom stereocenters. The molecular weight excluding hydrogens is 348 g/mol. The highest BCUT2D eigenvalue weighted by Crippen LogP contribution is 2.31. The molecule has 0 fully saturated rings. The molecule has 0 saturated carbocycles. The molecule has 4 N–H and O–H groups in total. The van der Waals surface area contributed by atoms with Crippen LogP contribution < -0.4 is 20.9 Å². The molecule has 0 spiro atoms. The summed E-state index contributed by atoms with van der Waals surface area (Å²) in [5, 5.41) is 2.15. The molecule has 4 aromatic rings. The summed E-state index contributed by atoms with van der Waals surface area (Å²) in [7, 11) is 0. The second-order valence-electron chi connectivity index (χ2n) is 6.91. The van der Waals surface area contributed by atoms with Crippen molar-refractivity contribution < 1.29 is 9.47 Å². The van der Waals surface area contributed by atoms with Gasteiger partial charge >= 0.3 is 0 Å². The molecule has 0 radical (unpaired) electrons. The standard InChI is InChI=1S/C24H22N2O2/c1-15-11-19(7-9-23(15)25)27-21-5-3-17-4-6-22(14-18(17)13-21)28-20-8-10-24(26)16(2)12-20/h3-14H,25-26H2,1-2H3. The molecule has 0 heterocycles. The van der Waals surface area contributed by atoms with Gasteiger partial charge in [0, 0.05) is 11.4 Å². The number of hydrogen-bond acceptors (Lipinski definition) is 4. The second kappa shape index (κ2) is 7.16. The number of fused-ring (bicyclic) bond motifs is 1. The van der Waals surface area contributed by atoms with Crippen LogP contribution >= 0.6 is 0 Å². The van der Waals surface area contributed by atoms with E-state index >= 15 is 0 Å². The molecule has 28 heavy (non-hydrogen) atoms. The summed E-state index contributed by atoms with van der Waals surface area (Å²) in [6.45, 7) is 3.93. The van der Waals surface area contributed by atoms with Crippen LogP contribution in [0.4, 0.5) is 11.4 Å². The van der Waals surface area contributed by atoms with Crippen LogP contribution in [0.3, 0.4) is 0 Å². The van der Waals surface area contributed by atoms with Crippen molar-refractivity contribution in [2.75, 3.05) is 11.5 Å². The van der Waals surface area contributed by atoms with Gasteiger partial charge in [0.2, 0.25) is 0 Å². The fourth-order valence-corrected chi connectivity index (χ4v) is 3.03. The number of nitrogens with two attached hydrogens (primary N) is 2. The highest BCUT2D eigenvalue weighted by molar-refractivity contribution is 5.85. The van der Waals surface area contributed by atoms with Gasteiger partial charge in [-0.2, -0.15) is 0 Å².